The van der Waals surface area contributed by atoms with Gasteiger partial charge in [0, 0.05) is 12.7 Å². The summed E-state index contributed by atoms with van der Waals surface area (Å²) >= 11 is 0. The third kappa shape index (κ3) is 7.18. The SMILES string of the molecule is CC(CCC[C@@H](C)C1CCC2C3=CC[C@H]4C[C@@H](O[Si](C)(C)C(C)(C)C)CC[C@]4(C)C3CC[C@@]21C)CO[Si](C)(C)C(C)(C)C. The van der Waals surface area contributed by atoms with Gasteiger partial charge in [0.05, 0.1) is 0 Å². The minimum Gasteiger partial charge on any atom is -0.417 e. The Balaban J connectivity index is 1.33. The highest BCUT2D eigenvalue weighted by molar-refractivity contribution is 6.74. The lowest BCUT2D eigenvalue weighted by Gasteiger charge is -2.58. The highest BCUT2D eigenvalue weighted by atomic mass is 28.4. The molecule has 0 aromatic rings. The van der Waals surface area contributed by atoms with E-state index in [1.54, 1.807) is 0 Å². The molecule has 250 valence electrons. The second-order valence-electron chi connectivity index (χ2n) is 19.8. The number of fused-ring (bicyclic) bond motifs is 5. The summed E-state index contributed by atoms with van der Waals surface area (Å²) in [6.07, 6.45) is 18.4. The van der Waals surface area contributed by atoms with Crippen molar-refractivity contribution >= 4 is 16.6 Å². The molecule has 4 aliphatic carbocycles. The minimum atomic E-state index is -1.71. The van der Waals surface area contributed by atoms with Crippen molar-refractivity contribution in [2.24, 2.45) is 46.3 Å². The predicted octanol–water partition coefficient (Wildman–Crippen LogP) is 12.4. The van der Waals surface area contributed by atoms with Crippen LogP contribution in [0.15, 0.2) is 11.6 Å². The highest BCUT2D eigenvalue weighted by Crippen LogP contribution is 2.67. The first kappa shape index (κ1) is 35.9. The van der Waals surface area contributed by atoms with E-state index in [-0.39, 0.29) is 0 Å². The summed E-state index contributed by atoms with van der Waals surface area (Å²) in [4.78, 5) is 0. The molecule has 0 aromatic carbocycles. The van der Waals surface area contributed by atoms with Crippen LogP contribution in [0.25, 0.3) is 0 Å². The minimum absolute atomic E-state index is 0.300. The lowest BCUT2D eigenvalue weighted by atomic mass is 9.47. The topological polar surface area (TPSA) is 18.5 Å². The van der Waals surface area contributed by atoms with Crippen molar-refractivity contribution in [3.63, 3.8) is 0 Å². The molecule has 3 fully saturated rings. The summed E-state index contributed by atoms with van der Waals surface area (Å²) in [5, 5.41) is 0.605. The Morgan fingerprint density at radius 2 is 1.42 bits per heavy atom. The van der Waals surface area contributed by atoms with E-state index < -0.39 is 16.6 Å². The van der Waals surface area contributed by atoms with Gasteiger partial charge in [-0.25, -0.2) is 0 Å². The van der Waals surface area contributed by atoms with Crippen LogP contribution >= 0.6 is 0 Å². The van der Waals surface area contributed by atoms with Gasteiger partial charge in [-0.1, -0.05) is 93.7 Å². The second-order valence-corrected chi connectivity index (χ2v) is 29.4. The zero-order valence-electron chi connectivity index (χ0n) is 31.4. The highest BCUT2D eigenvalue weighted by Gasteiger charge is 2.58. The number of hydrogen-bond acceptors (Lipinski definition) is 2. The van der Waals surface area contributed by atoms with Crippen LogP contribution in [-0.2, 0) is 8.85 Å². The summed E-state index contributed by atoms with van der Waals surface area (Å²) in [7, 11) is -3.35. The molecular weight excluding hydrogens is 557 g/mol. The molecule has 0 amide bonds. The van der Waals surface area contributed by atoms with E-state index in [0.29, 0.717) is 32.9 Å². The molecule has 4 heteroatoms. The van der Waals surface area contributed by atoms with E-state index in [1.807, 2.05) is 5.57 Å². The summed E-state index contributed by atoms with van der Waals surface area (Å²) in [5.74, 6) is 4.90. The molecule has 0 bridgehead atoms. The Kier molecular flexibility index (Phi) is 10.5. The lowest BCUT2D eigenvalue weighted by Crippen LogP contribution is -2.52. The van der Waals surface area contributed by atoms with Gasteiger partial charge >= 0.3 is 0 Å². The van der Waals surface area contributed by atoms with Crippen molar-refractivity contribution in [2.75, 3.05) is 6.61 Å². The molecule has 2 nitrogen and oxygen atoms in total. The van der Waals surface area contributed by atoms with Gasteiger partial charge in [0.1, 0.15) is 0 Å². The molecule has 4 unspecified atom stereocenters. The molecule has 4 aliphatic rings. The predicted molar refractivity (Wildman–Crippen MR) is 193 cm³/mol. The van der Waals surface area contributed by atoms with Crippen molar-refractivity contribution in [3.8, 4) is 0 Å². The van der Waals surface area contributed by atoms with Crippen molar-refractivity contribution in [1.29, 1.82) is 0 Å². The smallest absolute Gasteiger partial charge is 0.192 e. The zero-order chi connectivity index (χ0) is 32.2. The molecule has 0 spiro atoms. The van der Waals surface area contributed by atoms with Gasteiger partial charge in [-0.05, 0) is 140 Å². The molecular formula is C39H74O2Si2. The third-order valence-corrected chi connectivity index (χ3v) is 24.0. The fraction of sp³-hybridized carbons (Fsp3) is 0.949. The molecule has 0 N–H and O–H groups in total. The Morgan fingerprint density at radius 3 is 2.05 bits per heavy atom. The van der Waals surface area contributed by atoms with Crippen LogP contribution in [0.1, 0.15) is 140 Å². The summed E-state index contributed by atoms with van der Waals surface area (Å²) in [6, 6.07) is 0. The van der Waals surface area contributed by atoms with Crippen LogP contribution in [0.4, 0.5) is 0 Å². The maximum absolute atomic E-state index is 7.00. The molecule has 43 heavy (non-hydrogen) atoms. The van der Waals surface area contributed by atoms with E-state index >= 15 is 0 Å². The fourth-order valence-corrected chi connectivity index (χ4v) is 12.3. The van der Waals surface area contributed by atoms with E-state index in [0.717, 1.165) is 36.2 Å². The van der Waals surface area contributed by atoms with Crippen molar-refractivity contribution < 1.29 is 8.85 Å². The summed E-state index contributed by atoms with van der Waals surface area (Å²) in [6.45, 7) is 35.3. The number of hydrogen-bond donors (Lipinski definition) is 0. The standard InChI is InChI=1S/C39H74O2Si2/c1-28(27-40-42(11,12)36(3,4)5)16-15-17-29(2)33-20-21-34-32-19-18-30-26-31(41-43(13,14)37(6,7)8)22-24-38(30,9)35(32)23-25-39(33,34)10/h19,28-31,33-35H,15-18,20-27H2,1-14H3/t28?,29-,30+,31+,33?,34?,35?,38+,39-/m1/s1. The van der Waals surface area contributed by atoms with Crippen molar-refractivity contribution in [2.45, 2.75) is 182 Å². The van der Waals surface area contributed by atoms with Gasteiger partial charge in [0.15, 0.2) is 16.6 Å². The molecule has 0 heterocycles. The first-order valence-electron chi connectivity index (χ1n) is 18.6. The van der Waals surface area contributed by atoms with E-state index in [9.17, 15) is 0 Å². The average Bonchev–Trinajstić information content (AvgIpc) is 3.23. The van der Waals surface area contributed by atoms with Crippen LogP contribution in [-0.4, -0.2) is 29.3 Å². The van der Waals surface area contributed by atoms with Crippen molar-refractivity contribution in [3.05, 3.63) is 11.6 Å². The van der Waals surface area contributed by atoms with E-state index in [1.165, 1.54) is 70.6 Å². The monoisotopic (exact) mass is 631 g/mol. The van der Waals surface area contributed by atoms with Gasteiger partial charge in [0.2, 0.25) is 0 Å². The normalized spacial score (nSPS) is 36.8. The summed E-state index contributed by atoms with van der Waals surface area (Å²) in [5.41, 5.74) is 2.93. The van der Waals surface area contributed by atoms with Crippen LogP contribution in [0.5, 0.6) is 0 Å². The Morgan fingerprint density at radius 1 is 0.814 bits per heavy atom. The van der Waals surface area contributed by atoms with Crippen LogP contribution in [0.3, 0.4) is 0 Å². The van der Waals surface area contributed by atoms with Crippen molar-refractivity contribution in [1.82, 2.24) is 0 Å². The van der Waals surface area contributed by atoms with Crippen LogP contribution < -0.4 is 0 Å². The average molecular weight is 631 g/mol. The maximum atomic E-state index is 7.00. The molecule has 0 aliphatic heterocycles. The zero-order valence-corrected chi connectivity index (χ0v) is 33.4. The number of rotatable bonds is 10. The van der Waals surface area contributed by atoms with Crippen LogP contribution in [0.2, 0.25) is 36.3 Å². The summed E-state index contributed by atoms with van der Waals surface area (Å²) < 4.78 is 13.6. The molecule has 3 saturated carbocycles. The Hall–Kier alpha value is 0.0938. The quantitative estimate of drug-likeness (QED) is 0.177. The van der Waals surface area contributed by atoms with E-state index in [4.69, 9.17) is 8.85 Å². The first-order valence-corrected chi connectivity index (χ1v) is 24.5. The number of allylic oxidation sites excluding steroid dienone is 2. The largest absolute Gasteiger partial charge is 0.417 e. The lowest BCUT2D eigenvalue weighted by molar-refractivity contribution is -0.0395. The second kappa shape index (κ2) is 12.6. The molecule has 0 saturated heterocycles. The molecule has 4 rings (SSSR count). The molecule has 0 radical (unpaired) electrons. The maximum Gasteiger partial charge on any atom is 0.192 e. The Labute approximate surface area is 271 Å². The van der Waals surface area contributed by atoms with E-state index in [2.05, 4.69) is 102 Å². The molecule has 9 atom stereocenters. The fourth-order valence-electron chi connectivity index (χ4n) is 9.79. The molecule has 0 aromatic heterocycles. The Bertz CT molecular complexity index is 986. The first-order chi connectivity index (χ1) is 19.6. The van der Waals surface area contributed by atoms with Crippen LogP contribution in [0, 0.1) is 46.3 Å². The van der Waals surface area contributed by atoms with Gasteiger partial charge in [0.25, 0.3) is 0 Å². The van der Waals surface area contributed by atoms with Gasteiger partial charge in [-0.2, -0.15) is 0 Å². The third-order valence-electron chi connectivity index (χ3n) is 15.0. The van der Waals surface area contributed by atoms with Gasteiger partial charge < -0.3 is 8.85 Å². The van der Waals surface area contributed by atoms with Gasteiger partial charge in [-0.15, -0.1) is 0 Å². The van der Waals surface area contributed by atoms with Gasteiger partial charge in [-0.3, -0.25) is 0 Å².